The third-order valence-electron chi connectivity index (χ3n) is 8.09. The fourth-order valence-electron chi connectivity index (χ4n) is 5.94. The monoisotopic (exact) mass is 569 g/mol. The lowest BCUT2D eigenvalue weighted by molar-refractivity contribution is -0.139. The highest BCUT2D eigenvalue weighted by atomic mass is 31.1. The first-order valence-corrected chi connectivity index (χ1v) is 16.6. The van der Waals surface area contributed by atoms with Crippen molar-refractivity contribution < 1.29 is 9.59 Å². The highest BCUT2D eigenvalue weighted by Gasteiger charge is 2.46. The van der Waals surface area contributed by atoms with Crippen molar-refractivity contribution in [1.29, 1.82) is 0 Å². The van der Waals surface area contributed by atoms with Crippen LogP contribution >= 0.6 is 8.58 Å². The van der Waals surface area contributed by atoms with Crippen molar-refractivity contribution in [3.05, 3.63) is 12.2 Å². The number of nitrogens with two attached hydrogens (primary N) is 1. The summed E-state index contributed by atoms with van der Waals surface area (Å²) >= 11 is 0. The summed E-state index contributed by atoms with van der Waals surface area (Å²) in [6.07, 6.45) is 6.76. The van der Waals surface area contributed by atoms with Crippen LogP contribution in [0.1, 0.15) is 101 Å². The summed E-state index contributed by atoms with van der Waals surface area (Å²) in [5.74, 6) is -0.338. The molecule has 1 saturated heterocycles. The molecule has 5 N–H and O–H groups in total. The zero-order chi connectivity index (χ0) is 30.1. The first kappa shape index (κ1) is 38.1. The van der Waals surface area contributed by atoms with E-state index in [0.717, 1.165) is 59.5 Å². The summed E-state index contributed by atoms with van der Waals surface area (Å²) in [5, 5.41) is 9.87. The predicted octanol–water partition coefficient (Wildman–Crippen LogP) is 5.11. The van der Waals surface area contributed by atoms with E-state index in [1.54, 1.807) is 0 Å². The second-order valence-corrected chi connectivity index (χ2v) is 14.9. The molecule has 0 radical (unpaired) electrons. The molecule has 2 amide bonds. The number of nitrogens with zero attached hydrogens (tertiary/aromatic N) is 1. The molecule has 1 aliphatic heterocycles. The van der Waals surface area contributed by atoms with Gasteiger partial charge >= 0.3 is 0 Å². The summed E-state index contributed by atoms with van der Waals surface area (Å²) in [6.45, 7) is 29.7. The first-order valence-electron chi connectivity index (χ1n) is 15.4. The molecule has 1 aliphatic rings. The second kappa shape index (κ2) is 19.3. The van der Waals surface area contributed by atoms with Gasteiger partial charge in [-0.1, -0.05) is 80.9 Å². The molecular weight excluding hydrogens is 505 g/mol. The fraction of sp³-hybridized carbons (Fsp3) is 0.871. The molecule has 2 atom stereocenters. The molecule has 0 bridgehead atoms. The van der Waals surface area contributed by atoms with Crippen LogP contribution in [0.15, 0.2) is 12.2 Å². The van der Waals surface area contributed by atoms with Crippen LogP contribution in [0, 0.1) is 16.7 Å². The van der Waals surface area contributed by atoms with Crippen LogP contribution in [0.3, 0.4) is 0 Å². The molecule has 0 aliphatic carbocycles. The number of imide groups is 1. The number of rotatable bonds is 19. The van der Waals surface area contributed by atoms with Crippen LogP contribution in [0.4, 0.5) is 0 Å². The Morgan fingerprint density at radius 2 is 1.56 bits per heavy atom. The van der Waals surface area contributed by atoms with Gasteiger partial charge in [0.15, 0.2) is 0 Å². The van der Waals surface area contributed by atoms with Crippen molar-refractivity contribution in [3.63, 3.8) is 0 Å². The maximum absolute atomic E-state index is 13.0. The average Bonchev–Trinajstić information content (AvgIpc) is 3.10. The van der Waals surface area contributed by atoms with Crippen LogP contribution in [0.2, 0.25) is 0 Å². The van der Waals surface area contributed by atoms with Crippen LogP contribution in [0.25, 0.3) is 0 Å². The van der Waals surface area contributed by atoms with E-state index in [1.165, 1.54) is 17.7 Å². The molecule has 0 saturated carbocycles. The molecular formula is C31H64N5O2P. The van der Waals surface area contributed by atoms with E-state index in [2.05, 4.69) is 84.8 Å². The van der Waals surface area contributed by atoms with Gasteiger partial charge in [0.2, 0.25) is 11.8 Å². The SMILES string of the molecule is C=C(CC1CC(=O)N(CCNCCNCNCCN)C1=O)C(CC)(CC)C(C)(C)PCC.CCCC(C)(C)C. The molecule has 0 aromatic rings. The number of hydrogen-bond acceptors (Lipinski definition) is 6. The van der Waals surface area contributed by atoms with E-state index in [1.807, 2.05) is 0 Å². The van der Waals surface area contributed by atoms with Crippen LogP contribution < -0.4 is 21.7 Å². The number of carbonyl (C=O) groups is 2. The standard InChI is InChI=1S/C24H48N5O2P.C7H16/c1-7-24(8-2,23(5,6)32-9-3)19(4)16-20-17-21(30)29(22(20)31)15-14-26-12-13-28-18-27-11-10-25;1-5-6-7(2,3)4/h20,26-28,32H,4,7-18,25H2,1-3,5-6H3;5-6H2,1-4H3. The van der Waals surface area contributed by atoms with E-state index in [4.69, 9.17) is 5.73 Å². The van der Waals surface area contributed by atoms with Gasteiger partial charge in [-0.3, -0.25) is 14.5 Å². The molecule has 39 heavy (non-hydrogen) atoms. The number of nitrogens with one attached hydrogen (secondary N) is 3. The van der Waals surface area contributed by atoms with Crippen LogP contribution in [-0.4, -0.2) is 74.0 Å². The van der Waals surface area contributed by atoms with Crippen molar-refractivity contribution >= 4 is 20.4 Å². The lowest BCUT2D eigenvalue weighted by atomic mass is 9.65. The van der Waals surface area contributed by atoms with Crippen molar-refractivity contribution in [1.82, 2.24) is 20.9 Å². The lowest BCUT2D eigenvalue weighted by Crippen LogP contribution is -2.42. The summed E-state index contributed by atoms with van der Waals surface area (Å²) in [7, 11) is 0.850. The first-order chi connectivity index (χ1) is 18.3. The molecule has 1 heterocycles. The summed E-state index contributed by atoms with van der Waals surface area (Å²) < 4.78 is 0. The zero-order valence-corrected chi connectivity index (χ0v) is 28.0. The molecule has 0 spiro atoms. The van der Waals surface area contributed by atoms with E-state index in [-0.39, 0.29) is 28.3 Å². The Morgan fingerprint density at radius 1 is 0.974 bits per heavy atom. The number of hydrogen-bond donors (Lipinski definition) is 4. The van der Waals surface area contributed by atoms with Gasteiger partial charge in [-0.15, -0.1) is 8.58 Å². The molecule has 1 fully saturated rings. The third kappa shape index (κ3) is 13.1. The summed E-state index contributed by atoms with van der Waals surface area (Å²) in [6, 6.07) is 0. The summed E-state index contributed by atoms with van der Waals surface area (Å²) in [5.41, 5.74) is 7.13. The molecule has 2 unspecified atom stereocenters. The minimum atomic E-state index is -0.261. The quantitative estimate of drug-likeness (QED) is 0.0567. The second-order valence-electron chi connectivity index (χ2n) is 12.6. The molecule has 0 aromatic carbocycles. The lowest BCUT2D eigenvalue weighted by Gasteiger charge is -2.48. The van der Waals surface area contributed by atoms with Crippen molar-refractivity contribution in [2.45, 2.75) is 106 Å². The van der Waals surface area contributed by atoms with Gasteiger partial charge in [0.1, 0.15) is 0 Å². The fourth-order valence-corrected chi connectivity index (χ4v) is 7.69. The number of allylic oxidation sites excluding steroid dienone is 1. The summed E-state index contributed by atoms with van der Waals surface area (Å²) in [4.78, 5) is 27.0. The van der Waals surface area contributed by atoms with Crippen LogP contribution in [0.5, 0.6) is 0 Å². The maximum atomic E-state index is 13.0. The zero-order valence-electron chi connectivity index (χ0n) is 27.0. The van der Waals surface area contributed by atoms with Gasteiger partial charge in [-0.05, 0) is 47.8 Å². The molecule has 7 nitrogen and oxygen atoms in total. The van der Waals surface area contributed by atoms with Gasteiger partial charge in [0.05, 0.1) is 5.92 Å². The predicted molar refractivity (Wildman–Crippen MR) is 172 cm³/mol. The van der Waals surface area contributed by atoms with E-state index < -0.39 is 0 Å². The Bertz CT molecular complexity index is 716. The Kier molecular flexibility index (Phi) is 18.9. The van der Waals surface area contributed by atoms with E-state index in [9.17, 15) is 9.59 Å². The Balaban J connectivity index is 0.00000181. The largest absolute Gasteiger partial charge is 0.329 e. The van der Waals surface area contributed by atoms with Gasteiger partial charge in [0.25, 0.3) is 0 Å². The topological polar surface area (TPSA) is 99.5 Å². The van der Waals surface area contributed by atoms with Crippen molar-refractivity contribution in [3.8, 4) is 0 Å². The highest BCUT2D eigenvalue weighted by molar-refractivity contribution is 7.39. The number of carbonyl (C=O) groups excluding carboxylic acids is 2. The third-order valence-corrected chi connectivity index (χ3v) is 9.81. The smallest absolute Gasteiger partial charge is 0.233 e. The highest BCUT2D eigenvalue weighted by Crippen LogP contribution is 2.55. The Hall–Kier alpha value is -0.850. The molecule has 230 valence electrons. The van der Waals surface area contributed by atoms with Gasteiger partial charge < -0.3 is 21.7 Å². The van der Waals surface area contributed by atoms with E-state index >= 15 is 0 Å². The minimum Gasteiger partial charge on any atom is -0.329 e. The molecule has 0 aromatic heterocycles. The maximum Gasteiger partial charge on any atom is 0.233 e. The van der Waals surface area contributed by atoms with Crippen molar-refractivity contribution in [2.75, 3.05) is 52.1 Å². The van der Waals surface area contributed by atoms with Crippen molar-refractivity contribution in [2.24, 2.45) is 22.5 Å². The van der Waals surface area contributed by atoms with Gasteiger partial charge in [0, 0.05) is 52.4 Å². The normalized spacial score (nSPS) is 16.8. The van der Waals surface area contributed by atoms with Gasteiger partial charge in [-0.25, -0.2) is 0 Å². The molecule has 8 heteroatoms. The van der Waals surface area contributed by atoms with Gasteiger partial charge in [-0.2, -0.15) is 0 Å². The average molecular weight is 570 g/mol. The minimum absolute atomic E-state index is 0.00572. The van der Waals surface area contributed by atoms with Crippen LogP contribution in [-0.2, 0) is 9.59 Å². The Morgan fingerprint density at radius 3 is 2.05 bits per heavy atom. The molecule has 1 rings (SSSR count). The van der Waals surface area contributed by atoms with E-state index in [0.29, 0.717) is 37.9 Å². The Labute approximate surface area is 243 Å². The number of amides is 2. The number of likely N-dealkylation sites (tertiary alicyclic amines) is 1.